The van der Waals surface area contributed by atoms with Crippen LogP contribution in [0.1, 0.15) is 117 Å². The first-order valence-electron chi connectivity index (χ1n) is 12.1. The lowest BCUT2D eigenvalue weighted by atomic mass is 9.91. The van der Waals surface area contributed by atoms with Crippen LogP contribution in [0.15, 0.2) is 18.7 Å². The molecule has 0 saturated heterocycles. The van der Waals surface area contributed by atoms with E-state index >= 15 is 0 Å². The molecule has 0 amide bonds. The van der Waals surface area contributed by atoms with Crippen LogP contribution < -0.4 is 0 Å². The molecule has 0 saturated carbocycles. The molecule has 28 heavy (non-hydrogen) atoms. The molecule has 0 bridgehead atoms. The Bertz CT molecular complexity index is 422. The fraction of sp³-hybridized carbons (Fsp3) is 0.880. The van der Waals surface area contributed by atoms with Gasteiger partial charge in [-0.1, -0.05) is 91.4 Å². The number of aromatic nitrogens is 2. The molecule has 0 spiro atoms. The van der Waals surface area contributed by atoms with Crippen molar-refractivity contribution in [3.05, 3.63) is 18.7 Å². The molecule has 1 rings (SSSR count). The summed E-state index contributed by atoms with van der Waals surface area (Å²) in [6.45, 7) is 9.95. The fourth-order valence-electron chi connectivity index (χ4n) is 3.67. The summed E-state index contributed by atoms with van der Waals surface area (Å²) >= 11 is 0. The van der Waals surface area contributed by atoms with Crippen LogP contribution in [0, 0.1) is 5.41 Å². The highest BCUT2D eigenvalue weighted by Gasteiger charge is 2.08. The van der Waals surface area contributed by atoms with E-state index in [1.54, 1.807) is 0 Å². The van der Waals surface area contributed by atoms with Gasteiger partial charge in [0.15, 0.2) is 0 Å². The lowest BCUT2D eigenvalue weighted by Crippen LogP contribution is -2.07. The quantitative estimate of drug-likeness (QED) is 0.225. The van der Waals surface area contributed by atoms with Crippen molar-refractivity contribution < 1.29 is 4.74 Å². The number of unbranched alkanes of at least 4 members (excludes halogenated alkanes) is 12. The molecular formula is C25H48N2O. The third-order valence-electron chi connectivity index (χ3n) is 5.48. The first kappa shape index (κ1) is 25.2. The minimum Gasteiger partial charge on any atom is -0.381 e. The molecule has 1 heterocycles. The highest BCUT2D eigenvalue weighted by Crippen LogP contribution is 2.20. The molecule has 0 unspecified atom stereocenters. The van der Waals surface area contributed by atoms with Crippen molar-refractivity contribution in [2.45, 2.75) is 124 Å². The smallest absolute Gasteiger partial charge is 0.0945 e. The Balaban J connectivity index is 1.67. The van der Waals surface area contributed by atoms with Gasteiger partial charge in [-0.2, -0.15) is 0 Å². The van der Waals surface area contributed by atoms with Gasteiger partial charge in [-0.15, -0.1) is 0 Å². The predicted molar refractivity (Wildman–Crippen MR) is 122 cm³/mol. The summed E-state index contributed by atoms with van der Waals surface area (Å²) in [5.74, 6) is 0. The van der Waals surface area contributed by atoms with Gasteiger partial charge in [-0.3, -0.25) is 0 Å². The molecule has 1 aromatic rings. The molecule has 3 heteroatoms. The predicted octanol–water partition coefficient (Wildman–Crippen LogP) is 7.80. The van der Waals surface area contributed by atoms with E-state index in [0.717, 1.165) is 19.8 Å². The maximum Gasteiger partial charge on any atom is 0.0945 e. The van der Waals surface area contributed by atoms with Gasteiger partial charge in [-0.25, -0.2) is 4.98 Å². The van der Waals surface area contributed by atoms with Crippen LogP contribution >= 0.6 is 0 Å². The Kier molecular flexibility index (Phi) is 15.4. The monoisotopic (exact) mass is 392 g/mol. The minimum atomic E-state index is 0.449. The average molecular weight is 393 g/mol. The number of aryl methyl sites for hydroxylation is 1. The summed E-state index contributed by atoms with van der Waals surface area (Å²) in [4.78, 5) is 4.08. The Hall–Kier alpha value is -0.830. The van der Waals surface area contributed by atoms with E-state index in [-0.39, 0.29) is 0 Å². The highest BCUT2D eigenvalue weighted by molar-refractivity contribution is 4.73. The second-order valence-electron chi connectivity index (χ2n) is 9.67. The number of hydrogen-bond acceptors (Lipinski definition) is 2. The molecular weight excluding hydrogens is 344 g/mol. The van der Waals surface area contributed by atoms with E-state index < -0.39 is 0 Å². The van der Waals surface area contributed by atoms with Crippen molar-refractivity contribution in [3.63, 3.8) is 0 Å². The SMILES string of the molecule is CC(C)(C)CCCOCCCCCCCCCCCCCCCn1ccnc1. The maximum absolute atomic E-state index is 5.75. The van der Waals surface area contributed by atoms with Crippen LogP contribution in [0.2, 0.25) is 0 Å². The summed E-state index contributed by atoms with van der Waals surface area (Å²) in [6, 6.07) is 0. The van der Waals surface area contributed by atoms with Crippen molar-refractivity contribution in [1.82, 2.24) is 9.55 Å². The molecule has 0 N–H and O–H groups in total. The molecule has 0 aliphatic rings. The van der Waals surface area contributed by atoms with E-state index in [4.69, 9.17) is 4.74 Å². The standard InChI is InChI=1S/C25H48N2O/c1-25(2,3)18-17-23-28-22-16-14-12-10-8-6-4-5-7-9-11-13-15-20-27-21-19-26-24-27/h19,21,24H,4-18,20,22-23H2,1-3H3. The van der Waals surface area contributed by atoms with Gasteiger partial charge in [0.05, 0.1) is 6.33 Å². The van der Waals surface area contributed by atoms with Gasteiger partial charge < -0.3 is 9.30 Å². The zero-order valence-electron chi connectivity index (χ0n) is 19.3. The topological polar surface area (TPSA) is 27.1 Å². The Labute approximate surface area is 175 Å². The number of hydrogen-bond donors (Lipinski definition) is 0. The molecule has 0 aromatic carbocycles. The summed E-state index contributed by atoms with van der Waals surface area (Å²) in [7, 11) is 0. The summed E-state index contributed by atoms with van der Waals surface area (Å²) < 4.78 is 7.93. The zero-order valence-corrected chi connectivity index (χ0v) is 19.3. The molecule has 164 valence electrons. The van der Waals surface area contributed by atoms with E-state index in [0.29, 0.717) is 5.41 Å². The average Bonchev–Trinajstić information content (AvgIpc) is 3.16. The van der Waals surface area contributed by atoms with Crippen molar-refractivity contribution in [2.24, 2.45) is 5.41 Å². The van der Waals surface area contributed by atoms with Gasteiger partial charge in [0.1, 0.15) is 0 Å². The zero-order chi connectivity index (χ0) is 20.3. The molecule has 0 radical (unpaired) electrons. The summed E-state index contributed by atoms with van der Waals surface area (Å²) in [5.41, 5.74) is 0.449. The normalized spacial score (nSPS) is 12.0. The van der Waals surface area contributed by atoms with Gasteiger partial charge in [0.2, 0.25) is 0 Å². The Morgan fingerprint density at radius 1 is 0.679 bits per heavy atom. The first-order valence-corrected chi connectivity index (χ1v) is 12.1. The third kappa shape index (κ3) is 17.3. The second kappa shape index (κ2) is 17.1. The van der Waals surface area contributed by atoms with Gasteiger partial charge in [0.25, 0.3) is 0 Å². The summed E-state index contributed by atoms with van der Waals surface area (Å²) in [6.07, 6.45) is 26.3. The minimum absolute atomic E-state index is 0.449. The van der Waals surface area contributed by atoms with E-state index in [1.165, 1.54) is 96.3 Å². The highest BCUT2D eigenvalue weighted by atomic mass is 16.5. The van der Waals surface area contributed by atoms with Crippen LogP contribution in [0.25, 0.3) is 0 Å². The molecule has 0 aliphatic carbocycles. The fourth-order valence-corrected chi connectivity index (χ4v) is 3.67. The van der Waals surface area contributed by atoms with Gasteiger partial charge in [-0.05, 0) is 31.1 Å². The number of nitrogens with zero attached hydrogens (tertiary/aromatic N) is 2. The van der Waals surface area contributed by atoms with E-state index in [2.05, 4.69) is 36.5 Å². The van der Waals surface area contributed by atoms with Crippen LogP contribution in [0.5, 0.6) is 0 Å². The van der Waals surface area contributed by atoms with Gasteiger partial charge in [0, 0.05) is 32.2 Å². The number of rotatable bonds is 19. The number of ether oxygens (including phenoxy) is 1. The first-order chi connectivity index (χ1) is 13.6. The Morgan fingerprint density at radius 2 is 1.18 bits per heavy atom. The van der Waals surface area contributed by atoms with Crippen LogP contribution in [-0.4, -0.2) is 22.8 Å². The van der Waals surface area contributed by atoms with Gasteiger partial charge >= 0.3 is 0 Å². The van der Waals surface area contributed by atoms with Crippen molar-refractivity contribution >= 4 is 0 Å². The van der Waals surface area contributed by atoms with Crippen molar-refractivity contribution in [2.75, 3.05) is 13.2 Å². The van der Waals surface area contributed by atoms with E-state index in [1.807, 2.05) is 12.5 Å². The summed E-state index contributed by atoms with van der Waals surface area (Å²) in [5, 5.41) is 0. The molecule has 0 aliphatic heterocycles. The Morgan fingerprint density at radius 3 is 1.68 bits per heavy atom. The third-order valence-corrected chi connectivity index (χ3v) is 5.48. The largest absolute Gasteiger partial charge is 0.381 e. The van der Waals surface area contributed by atoms with Crippen LogP contribution in [0.3, 0.4) is 0 Å². The second-order valence-corrected chi connectivity index (χ2v) is 9.67. The molecule has 1 aromatic heterocycles. The molecule has 0 fully saturated rings. The van der Waals surface area contributed by atoms with Crippen molar-refractivity contribution in [3.8, 4) is 0 Å². The molecule has 3 nitrogen and oxygen atoms in total. The van der Waals surface area contributed by atoms with Crippen molar-refractivity contribution in [1.29, 1.82) is 0 Å². The van der Waals surface area contributed by atoms with Crippen LogP contribution in [-0.2, 0) is 11.3 Å². The lowest BCUT2D eigenvalue weighted by Gasteiger charge is -2.17. The lowest BCUT2D eigenvalue weighted by molar-refractivity contribution is 0.118. The van der Waals surface area contributed by atoms with Crippen LogP contribution in [0.4, 0.5) is 0 Å². The number of imidazole rings is 1. The maximum atomic E-state index is 5.75. The van der Waals surface area contributed by atoms with E-state index in [9.17, 15) is 0 Å². The molecule has 0 atom stereocenters.